The van der Waals surface area contributed by atoms with Gasteiger partial charge < -0.3 is 19.5 Å². The van der Waals surface area contributed by atoms with Crippen LogP contribution in [0.1, 0.15) is 56.3 Å². The fraction of sp³-hybridized carbons (Fsp3) is 0.524. The van der Waals surface area contributed by atoms with E-state index in [1.165, 1.54) is 24.2 Å². The number of methoxy groups -OCH3 is 1. The molecule has 1 N–H and O–H groups in total. The Morgan fingerprint density at radius 2 is 2.11 bits per heavy atom. The number of anilines is 1. The van der Waals surface area contributed by atoms with Gasteiger partial charge in [0.1, 0.15) is 11.1 Å². The summed E-state index contributed by atoms with van der Waals surface area (Å²) < 4.78 is 17.0. The molecule has 1 aromatic heterocycles. The van der Waals surface area contributed by atoms with Crippen molar-refractivity contribution in [3.8, 4) is 11.5 Å². The Bertz CT molecular complexity index is 786. The molecule has 1 aliphatic rings. The number of nitrogens with one attached hydrogen (secondary N) is 1. The Hall–Kier alpha value is -2.12. The van der Waals surface area contributed by atoms with Crippen LogP contribution < -0.4 is 14.8 Å². The molecular weight excluding hydrogens is 376 g/mol. The van der Waals surface area contributed by atoms with Crippen LogP contribution in [0.3, 0.4) is 0 Å². The Morgan fingerprint density at radius 3 is 2.82 bits per heavy atom. The number of amides is 1. The van der Waals surface area contributed by atoms with E-state index in [2.05, 4.69) is 10.3 Å². The van der Waals surface area contributed by atoms with E-state index in [0.717, 1.165) is 23.5 Å². The van der Waals surface area contributed by atoms with Crippen molar-refractivity contribution < 1.29 is 19.0 Å². The van der Waals surface area contributed by atoms with Gasteiger partial charge in [-0.2, -0.15) is 0 Å². The van der Waals surface area contributed by atoms with Crippen molar-refractivity contribution in [3.63, 3.8) is 0 Å². The lowest BCUT2D eigenvalue weighted by Gasteiger charge is -2.17. The number of thiazole rings is 1. The second-order valence-electron chi connectivity index (χ2n) is 6.89. The van der Waals surface area contributed by atoms with Crippen molar-refractivity contribution in [1.29, 1.82) is 0 Å². The van der Waals surface area contributed by atoms with Crippen molar-refractivity contribution in [2.75, 3.05) is 19.0 Å². The summed E-state index contributed by atoms with van der Waals surface area (Å²) in [5, 5.41) is 5.73. The second kappa shape index (κ2) is 9.89. The molecule has 1 aliphatic carbocycles. The van der Waals surface area contributed by atoms with Gasteiger partial charge in [0.05, 0.1) is 25.3 Å². The molecule has 0 saturated heterocycles. The van der Waals surface area contributed by atoms with Gasteiger partial charge in [0.2, 0.25) is 5.91 Å². The van der Waals surface area contributed by atoms with E-state index in [-0.39, 0.29) is 24.5 Å². The van der Waals surface area contributed by atoms with Gasteiger partial charge in [-0.25, -0.2) is 4.98 Å². The third-order valence-electron chi connectivity index (χ3n) is 4.72. The van der Waals surface area contributed by atoms with E-state index in [1.807, 2.05) is 37.4 Å². The zero-order chi connectivity index (χ0) is 19.9. The first-order valence-electron chi connectivity index (χ1n) is 9.79. The number of hydrogen-bond acceptors (Lipinski definition) is 6. The van der Waals surface area contributed by atoms with Gasteiger partial charge in [-0.1, -0.05) is 0 Å². The number of nitrogens with zero attached hydrogens (tertiary/aromatic N) is 1. The highest BCUT2D eigenvalue weighted by atomic mass is 32.1. The maximum absolute atomic E-state index is 12.4. The molecule has 1 amide bonds. The lowest BCUT2D eigenvalue weighted by molar-refractivity contribution is -0.115. The summed E-state index contributed by atoms with van der Waals surface area (Å²) in [6, 6.07) is 5.48. The van der Waals surface area contributed by atoms with Crippen LogP contribution in [0.25, 0.3) is 0 Å². The molecule has 3 rings (SSSR count). The van der Waals surface area contributed by atoms with Crippen LogP contribution in [0, 0.1) is 0 Å². The third-order valence-corrected chi connectivity index (χ3v) is 5.77. The minimum absolute atomic E-state index is 0.0521. The van der Waals surface area contributed by atoms with E-state index in [0.29, 0.717) is 23.8 Å². The monoisotopic (exact) mass is 404 g/mol. The molecule has 28 heavy (non-hydrogen) atoms. The molecule has 1 heterocycles. The summed E-state index contributed by atoms with van der Waals surface area (Å²) in [7, 11) is 1.62. The summed E-state index contributed by atoms with van der Waals surface area (Å²) in [4.78, 5) is 17.0. The second-order valence-corrected chi connectivity index (χ2v) is 7.78. The molecule has 7 heteroatoms. The van der Waals surface area contributed by atoms with Gasteiger partial charge in [-0.3, -0.25) is 4.79 Å². The standard InChI is InChI=1S/C21H28N2O4S/c1-4-26-14(2)21-23-16(13-28-21)12-20(24)22-15-9-10-18(25-3)19(11-15)27-17-7-5-6-8-17/h9-11,13-14,17H,4-8,12H2,1-3H3,(H,22,24). The molecule has 1 unspecified atom stereocenters. The van der Waals surface area contributed by atoms with Crippen LogP contribution in [0.15, 0.2) is 23.6 Å². The third kappa shape index (κ3) is 5.45. The molecule has 1 saturated carbocycles. The number of aromatic nitrogens is 1. The van der Waals surface area contributed by atoms with Crippen LogP contribution in [-0.4, -0.2) is 30.7 Å². The van der Waals surface area contributed by atoms with Crippen molar-refractivity contribution in [2.45, 2.75) is 58.2 Å². The summed E-state index contributed by atoms with van der Waals surface area (Å²) in [5.74, 6) is 1.24. The van der Waals surface area contributed by atoms with E-state index >= 15 is 0 Å². The maximum atomic E-state index is 12.4. The van der Waals surface area contributed by atoms with E-state index in [9.17, 15) is 4.79 Å². The van der Waals surface area contributed by atoms with Crippen LogP contribution in [0.2, 0.25) is 0 Å². The fourth-order valence-corrected chi connectivity index (χ4v) is 4.14. The van der Waals surface area contributed by atoms with Gasteiger partial charge in [0.25, 0.3) is 0 Å². The molecule has 1 atom stereocenters. The molecule has 2 aromatic rings. The quantitative estimate of drug-likeness (QED) is 0.653. The predicted octanol–water partition coefficient (Wildman–Crippen LogP) is 4.75. The van der Waals surface area contributed by atoms with Crippen molar-refractivity contribution in [1.82, 2.24) is 4.98 Å². The average Bonchev–Trinajstić information content (AvgIpc) is 3.34. The topological polar surface area (TPSA) is 69.7 Å². The predicted molar refractivity (Wildman–Crippen MR) is 110 cm³/mol. The Labute approximate surface area is 170 Å². The maximum Gasteiger partial charge on any atom is 0.230 e. The highest BCUT2D eigenvalue weighted by Gasteiger charge is 2.19. The summed E-state index contributed by atoms with van der Waals surface area (Å²) in [6.45, 7) is 4.56. The smallest absolute Gasteiger partial charge is 0.230 e. The van der Waals surface area contributed by atoms with Gasteiger partial charge in [0.15, 0.2) is 11.5 Å². The highest BCUT2D eigenvalue weighted by Crippen LogP contribution is 2.34. The summed E-state index contributed by atoms with van der Waals surface area (Å²) in [5.41, 5.74) is 1.44. The number of benzene rings is 1. The normalized spacial score (nSPS) is 15.4. The van der Waals surface area contributed by atoms with E-state index < -0.39 is 0 Å². The largest absolute Gasteiger partial charge is 0.493 e. The zero-order valence-electron chi connectivity index (χ0n) is 16.7. The summed E-state index contributed by atoms with van der Waals surface area (Å²) in [6.07, 6.45) is 4.91. The average molecular weight is 405 g/mol. The van der Waals surface area contributed by atoms with E-state index in [4.69, 9.17) is 14.2 Å². The Kier molecular flexibility index (Phi) is 7.28. The number of carbonyl (C=O) groups is 1. The van der Waals surface area contributed by atoms with Crippen LogP contribution in [-0.2, 0) is 16.0 Å². The first-order chi connectivity index (χ1) is 13.6. The van der Waals surface area contributed by atoms with Gasteiger partial charge in [-0.05, 0) is 51.7 Å². The number of rotatable bonds is 9. The van der Waals surface area contributed by atoms with Gasteiger partial charge in [0, 0.05) is 23.7 Å². The highest BCUT2D eigenvalue weighted by molar-refractivity contribution is 7.09. The first-order valence-corrected chi connectivity index (χ1v) is 10.7. The molecule has 1 fully saturated rings. The van der Waals surface area contributed by atoms with Crippen molar-refractivity contribution >= 4 is 22.9 Å². The number of carbonyl (C=O) groups excluding carboxylic acids is 1. The molecule has 6 nitrogen and oxygen atoms in total. The van der Waals surface area contributed by atoms with Gasteiger partial charge >= 0.3 is 0 Å². The number of hydrogen-bond donors (Lipinski definition) is 1. The Balaban J connectivity index is 1.61. The lowest BCUT2D eigenvalue weighted by Crippen LogP contribution is -2.15. The molecular formula is C21H28N2O4S. The Morgan fingerprint density at radius 1 is 1.32 bits per heavy atom. The summed E-state index contributed by atoms with van der Waals surface area (Å²) >= 11 is 1.52. The minimum atomic E-state index is -0.113. The van der Waals surface area contributed by atoms with Crippen LogP contribution >= 0.6 is 11.3 Å². The molecule has 0 bridgehead atoms. The number of ether oxygens (including phenoxy) is 3. The molecule has 0 spiro atoms. The first kappa shape index (κ1) is 20.6. The van der Waals surface area contributed by atoms with Gasteiger partial charge in [-0.15, -0.1) is 11.3 Å². The SMILES string of the molecule is CCOC(C)c1nc(CC(=O)Nc2ccc(OC)c(OC3CCCC3)c2)cs1. The molecule has 0 radical (unpaired) electrons. The minimum Gasteiger partial charge on any atom is -0.493 e. The zero-order valence-corrected chi connectivity index (χ0v) is 17.5. The molecule has 1 aromatic carbocycles. The molecule has 152 valence electrons. The molecule has 0 aliphatic heterocycles. The van der Waals surface area contributed by atoms with E-state index in [1.54, 1.807) is 7.11 Å². The van der Waals surface area contributed by atoms with Crippen LogP contribution in [0.4, 0.5) is 5.69 Å². The fourth-order valence-electron chi connectivity index (χ4n) is 3.31. The lowest BCUT2D eigenvalue weighted by atomic mass is 10.2. The van der Waals surface area contributed by atoms with Crippen molar-refractivity contribution in [2.24, 2.45) is 0 Å². The van der Waals surface area contributed by atoms with Crippen molar-refractivity contribution in [3.05, 3.63) is 34.3 Å². The van der Waals surface area contributed by atoms with Crippen LogP contribution in [0.5, 0.6) is 11.5 Å².